The van der Waals surface area contributed by atoms with Gasteiger partial charge in [0.05, 0.1) is 17.1 Å². The molecule has 1 aliphatic heterocycles. The molecule has 1 aromatic carbocycles. The highest BCUT2D eigenvalue weighted by molar-refractivity contribution is 5.76. The van der Waals surface area contributed by atoms with Crippen molar-refractivity contribution in [3.05, 3.63) is 30.1 Å². The van der Waals surface area contributed by atoms with Gasteiger partial charge in [-0.15, -0.1) is 0 Å². The number of rotatable bonds is 5. The third-order valence-electron chi connectivity index (χ3n) is 6.73. The van der Waals surface area contributed by atoms with Crippen molar-refractivity contribution in [2.24, 2.45) is 5.92 Å². The number of hydrogen-bond acceptors (Lipinski definition) is 2. The molecule has 0 N–H and O–H groups in total. The number of aryl methyl sites for hydroxylation is 1. The van der Waals surface area contributed by atoms with Crippen molar-refractivity contribution >= 4 is 11.0 Å². The van der Waals surface area contributed by atoms with Crippen LogP contribution >= 0.6 is 0 Å². The minimum Gasteiger partial charge on any atom is -0.327 e. The molecule has 2 heterocycles. The van der Waals surface area contributed by atoms with Crippen molar-refractivity contribution in [1.29, 1.82) is 0 Å². The van der Waals surface area contributed by atoms with Crippen LogP contribution in [0.5, 0.6) is 0 Å². The Morgan fingerprint density at radius 1 is 0.962 bits per heavy atom. The molecule has 0 spiro atoms. The number of benzene rings is 1. The van der Waals surface area contributed by atoms with Crippen LogP contribution in [0.2, 0.25) is 0 Å². The average molecular weight is 354 g/mol. The molecule has 1 aromatic heterocycles. The van der Waals surface area contributed by atoms with Crippen LogP contribution < -0.4 is 0 Å². The van der Waals surface area contributed by atoms with Crippen LogP contribution in [0.3, 0.4) is 0 Å². The maximum Gasteiger partial charge on any atom is 0.127 e. The van der Waals surface area contributed by atoms with Crippen molar-refractivity contribution in [2.75, 3.05) is 13.1 Å². The molecule has 1 unspecified atom stereocenters. The van der Waals surface area contributed by atoms with Crippen LogP contribution in [0.25, 0.3) is 11.0 Å². The van der Waals surface area contributed by atoms with Gasteiger partial charge in [-0.05, 0) is 57.3 Å². The Bertz CT molecular complexity index is 691. The average Bonchev–Trinajstić information content (AvgIpc) is 2.85. The zero-order valence-corrected chi connectivity index (χ0v) is 16.5. The summed E-state index contributed by atoms with van der Waals surface area (Å²) >= 11 is 0. The van der Waals surface area contributed by atoms with Gasteiger partial charge in [-0.1, -0.05) is 57.1 Å². The zero-order chi connectivity index (χ0) is 17.8. The van der Waals surface area contributed by atoms with E-state index in [1.165, 1.54) is 94.2 Å². The molecule has 1 saturated heterocycles. The molecule has 1 aliphatic carbocycles. The van der Waals surface area contributed by atoms with E-state index in [1.54, 1.807) is 0 Å². The molecule has 0 bridgehead atoms. The van der Waals surface area contributed by atoms with E-state index in [2.05, 4.69) is 40.7 Å². The summed E-state index contributed by atoms with van der Waals surface area (Å²) in [6.45, 7) is 5.97. The minimum absolute atomic E-state index is 0.423. The first kappa shape index (κ1) is 18.0. The Hall–Kier alpha value is -1.35. The SMILES string of the molecule is CC(c1nc2ccccc2n1CCC1CCCCC1)N1CCCCCC1. The standard InChI is InChI=1S/C23H35N3/c1-19(25-16-9-2-3-10-17-25)23-24-21-13-7-8-14-22(21)26(23)18-15-20-11-5-4-6-12-20/h7-8,13-14,19-20H,2-6,9-12,15-18H2,1H3. The van der Waals surface area contributed by atoms with Crippen LogP contribution in [0, 0.1) is 5.92 Å². The lowest BCUT2D eigenvalue weighted by Crippen LogP contribution is -2.30. The smallest absolute Gasteiger partial charge is 0.127 e. The van der Waals surface area contributed by atoms with Gasteiger partial charge in [-0.3, -0.25) is 4.90 Å². The maximum atomic E-state index is 5.10. The molecule has 1 atom stereocenters. The van der Waals surface area contributed by atoms with Crippen LogP contribution in [-0.4, -0.2) is 27.5 Å². The van der Waals surface area contributed by atoms with E-state index in [9.17, 15) is 0 Å². The normalized spacial score (nSPS) is 21.7. The molecule has 142 valence electrons. The summed E-state index contributed by atoms with van der Waals surface area (Å²) < 4.78 is 2.56. The monoisotopic (exact) mass is 353 g/mol. The molecular weight excluding hydrogens is 318 g/mol. The Morgan fingerprint density at radius 3 is 2.42 bits per heavy atom. The van der Waals surface area contributed by atoms with Crippen molar-refractivity contribution in [3.63, 3.8) is 0 Å². The Morgan fingerprint density at radius 2 is 1.65 bits per heavy atom. The lowest BCUT2D eigenvalue weighted by molar-refractivity contribution is 0.206. The van der Waals surface area contributed by atoms with Gasteiger partial charge in [0.1, 0.15) is 5.82 Å². The van der Waals surface area contributed by atoms with E-state index in [-0.39, 0.29) is 0 Å². The van der Waals surface area contributed by atoms with E-state index >= 15 is 0 Å². The van der Waals surface area contributed by atoms with Gasteiger partial charge >= 0.3 is 0 Å². The number of para-hydroxylation sites is 2. The zero-order valence-electron chi connectivity index (χ0n) is 16.5. The largest absolute Gasteiger partial charge is 0.327 e. The summed E-state index contributed by atoms with van der Waals surface area (Å²) in [6, 6.07) is 9.17. The molecular formula is C23H35N3. The second kappa shape index (κ2) is 8.56. The molecule has 3 heteroatoms. The lowest BCUT2D eigenvalue weighted by atomic mass is 9.87. The van der Waals surface area contributed by atoms with E-state index in [0.29, 0.717) is 6.04 Å². The van der Waals surface area contributed by atoms with Gasteiger partial charge < -0.3 is 4.57 Å². The number of likely N-dealkylation sites (tertiary alicyclic amines) is 1. The number of imidazole rings is 1. The third kappa shape index (κ3) is 3.98. The van der Waals surface area contributed by atoms with Crippen molar-refractivity contribution in [2.45, 2.75) is 83.7 Å². The highest BCUT2D eigenvalue weighted by Gasteiger charge is 2.24. The quantitative estimate of drug-likeness (QED) is 0.663. The van der Waals surface area contributed by atoms with Gasteiger partial charge in [-0.25, -0.2) is 4.98 Å². The second-order valence-electron chi connectivity index (χ2n) is 8.53. The highest BCUT2D eigenvalue weighted by Crippen LogP contribution is 2.30. The molecule has 2 aliphatic rings. The molecule has 3 nitrogen and oxygen atoms in total. The molecule has 0 amide bonds. The fourth-order valence-corrected chi connectivity index (χ4v) is 5.08. The molecule has 2 aromatic rings. The summed E-state index contributed by atoms with van der Waals surface area (Å²) in [5, 5.41) is 0. The first-order chi connectivity index (χ1) is 12.8. The first-order valence-electron chi connectivity index (χ1n) is 11.0. The van der Waals surface area contributed by atoms with E-state index in [4.69, 9.17) is 4.98 Å². The topological polar surface area (TPSA) is 21.1 Å². The van der Waals surface area contributed by atoms with Crippen LogP contribution in [0.1, 0.15) is 83.0 Å². The molecule has 2 fully saturated rings. The lowest BCUT2D eigenvalue weighted by Gasteiger charge is -2.28. The molecule has 26 heavy (non-hydrogen) atoms. The fourth-order valence-electron chi connectivity index (χ4n) is 5.08. The summed E-state index contributed by atoms with van der Waals surface area (Å²) in [7, 11) is 0. The van der Waals surface area contributed by atoms with E-state index < -0.39 is 0 Å². The number of nitrogens with zero attached hydrogens (tertiary/aromatic N) is 3. The summed E-state index contributed by atoms with van der Waals surface area (Å²) in [4.78, 5) is 7.78. The molecule has 4 rings (SSSR count). The first-order valence-corrected chi connectivity index (χ1v) is 11.0. The molecule has 1 saturated carbocycles. The maximum absolute atomic E-state index is 5.10. The predicted octanol–water partition coefficient (Wildman–Crippen LogP) is 5.94. The number of aromatic nitrogens is 2. The van der Waals surface area contributed by atoms with Crippen molar-refractivity contribution < 1.29 is 0 Å². The Kier molecular flexibility index (Phi) is 5.94. The summed E-state index contributed by atoms with van der Waals surface area (Å²) in [5.41, 5.74) is 2.51. The third-order valence-corrected chi connectivity index (χ3v) is 6.73. The van der Waals surface area contributed by atoms with E-state index in [1.807, 2.05) is 0 Å². The summed E-state index contributed by atoms with van der Waals surface area (Å²) in [5.74, 6) is 2.22. The Labute approximate surface area is 158 Å². The minimum atomic E-state index is 0.423. The summed E-state index contributed by atoms with van der Waals surface area (Å²) in [6.07, 6.45) is 14.0. The fraction of sp³-hybridized carbons (Fsp3) is 0.696. The van der Waals surface area contributed by atoms with E-state index in [0.717, 1.165) is 12.5 Å². The van der Waals surface area contributed by atoms with Gasteiger partial charge in [0.2, 0.25) is 0 Å². The van der Waals surface area contributed by atoms with Gasteiger partial charge in [-0.2, -0.15) is 0 Å². The predicted molar refractivity (Wildman–Crippen MR) is 109 cm³/mol. The number of hydrogen-bond donors (Lipinski definition) is 0. The molecule has 0 radical (unpaired) electrons. The Balaban J connectivity index is 1.58. The van der Waals surface area contributed by atoms with Gasteiger partial charge in [0.15, 0.2) is 0 Å². The van der Waals surface area contributed by atoms with Crippen LogP contribution in [-0.2, 0) is 6.54 Å². The number of fused-ring (bicyclic) bond motifs is 1. The van der Waals surface area contributed by atoms with Crippen LogP contribution in [0.4, 0.5) is 0 Å². The highest BCUT2D eigenvalue weighted by atomic mass is 15.2. The van der Waals surface area contributed by atoms with Gasteiger partial charge in [0, 0.05) is 6.54 Å². The second-order valence-corrected chi connectivity index (χ2v) is 8.53. The van der Waals surface area contributed by atoms with Crippen LogP contribution in [0.15, 0.2) is 24.3 Å². The van der Waals surface area contributed by atoms with Crippen molar-refractivity contribution in [3.8, 4) is 0 Å². The van der Waals surface area contributed by atoms with Gasteiger partial charge in [0.25, 0.3) is 0 Å². The van der Waals surface area contributed by atoms with Crippen molar-refractivity contribution in [1.82, 2.24) is 14.5 Å².